The first-order valence-corrected chi connectivity index (χ1v) is 8.25. The molecule has 5 heteroatoms. The molecule has 1 aliphatic heterocycles. The van der Waals surface area contributed by atoms with Crippen molar-refractivity contribution in [1.29, 1.82) is 0 Å². The summed E-state index contributed by atoms with van der Waals surface area (Å²) >= 11 is 7.75. The zero-order valence-electron chi connectivity index (χ0n) is 11.4. The molecule has 0 bridgehead atoms. The third-order valence-corrected chi connectivity index (χ3v) is 4.87. The molecule has 0 spiro atoms. The number of rotatable bonds is 4. The molecule has 1 aliphatic rings. The zero-order valence-corrected chi connectivity index (χ0v) is 13.0. The molecule has 2 atom stereocenters. The largest absolute Gasteiger partial charge is 0.480 e. The normalized spacial score (nSPS) is 20.5. The minimum absolute atomic E-state index is 0.0430. The van der Waals surface area contributed by atoms with Crippen molar-refractivity contribution in [1.82, 2.24) is 4.90 Å². The van der Waals surface area contributed by atoms with Gasteiger partial charge in [0.1, 0.15) is 6.04 Å². The molecule has 0 aliphatic carbocycles. The van der Waals surface area contributed by atoms with Crippen LogP contribution in [0.3, 0.4) is 0 Å². The zero-order chi connectivity index (χ0) is 14.8. The minimum Gasteiger partial charge on any atom is -0.480 e. The van der Waals surface area contributed by atoms with Gasteiger partial charge in [-0.25, -0.2) is 0 Å². The molecule has 1 aromatic carbocycles. The average Bonchev–Trinajstić information content (AvgIpc) is 3.10. The highest BCUT2D eigenvalue weighted by Gasteiger charge is 2.36. The Balaban J connectivity index is 2.03. The predicted molar refractivity (Wildman–Crippen MR) is 85.0 cm³/mol. The van der Waals surface area contributed by atoms with Crippen molar-refractivity contribution >= 4 is 28.9 Å². The van der Waals surface area contributed by atoms with E-state index in [-0.39, 0.29) is 6.04 Å². The summed E-state index contributed by atoms with van der Waals surface area (Å²) < 4.78 is 0. The van der Waals surface area contributed by atoms with Crippen LogP contribution in [0.1, 0.15) is 30.0 Å². The molecular formula is C16H16ClNO2S. The Morgan fingerprint density at radius 1 is 1.38 bits per heavy atom. The molecule has 2 aromatic rings. The van der Waals surface area contributed by atoms with E-state index in [1.54, 1.807) is 11.3 Å². The van der Waals surface area contributed by atoms with E-state index in [1.807, 2.05) is 29.6 Å². The van der Waals surface area contributed by atoms with Crippen molar-refractivity contribution in [3.05, 3.63) is 57.2 Å². The van der Waals surface area contributed by atoms with Crippen molar-refractivity contribution in [2.45, 2.75) is 24.9 Å². The van der Waals surface area contributed by atoms with Gasteiger partial charge in [-0.1, -0.05) is 23.7 Å². The second-order valence-electron chi connectivity index (χ2n) is 5.25. The van der Waals surface area contributed by atoms with Crippen LogP contribution in [-0.4, -0.2) is 28.6 Å². The summed E-state index contributed by atoms with van der Waals surface area (Å²) in [5.74, 6) is -0.741. The molecular weight excluding hydrogens is 306 g/mol. The number of likely N-dealkylation sites (tertiary alicyclic amines) is 1. The predicted octanol–water partition coefficient (Wildman–Crippen LogP) is 4.04. The van der Waals surface area contributed by atoms with Crippen molar-refractivity contribution in [2.24, 2.45) is 0 Å². The van der Waals surface area contributed by atoms with Gasteiger partial charge in [-0.05, 0) is 52.9 Å². The molecule has 1 aromatic heterocycles. The van der Waals surface area contributed by atoms with Crippen LogP contribution in [0, 0.1) is 0 Å². The summed E-state index contributed by atoms with van der Waals surface area (Å²) in [5, 5.41) is 14.3. The van der Waals surface area contributed by atoms with E-state index in [9.17, 15) is 9.90 Å². The summed E-state index contributed by atoms with van der Waals surface area (Å²) in [7, 11) is 0. The van der Waals surface area contributed by atoms with Gasteiger partial charge in [-0.2, -0.15) is 11.3 Å². The number of halogens is 1. The Morgan fingerprint density at radius 2 is 2.24 bits per heavy atom. The van der Waals surface area contributed by atoms with Crippen LogP contribution in [0.5, 0.6) is 0 Å². The topological polar surface area (TPSA) is 40.5 Å². The van der Waals surface area contributed by atoms with E-state index in [2.05, 4.69) is 16.3 Å². The molecule has 0 radical (unpaired) electrons. The number of carbonyl (C=O) groups is 1. The van der Waals surface area contributed by atoms with Crippen molar-refractivity contribution in [3.8, 4) is 0 Å². The van der Waals surface area contributed by atoms with Crippen molar-refractivity contribution in [2.75, 3.05) is 6.54 Å². The molecule has 3 nitrogen and oxygen atoms in total. The fraction of sp³-hybridized carbons (Fsp3) is 0.312. The number of carboxylic acid groups (broad SMARTS) is 1. The third-order valence-electron chi connectivity index (χ3n) is 3.93. The maximum atomic E-state index is 11.5. The molecule has 1 fully saturated rings. The van der Waals surface area contributed by atoms with Gasteiger partial charge in [0.15, 0.2) is 0 Å². The molecule has 0 saturated carbocycles. The van der Waals surface area contributed by atoms with E-state index in [4.69, 9.17) is 11.6 Å². The summed E-state index contributed by atoms with van der Waals surface area (Å²) in [5.41, 5.74) is 2.18. The van der Waals surface area contributed by atoms with Crippen LogP contribution in [0.4, 0.5) is 0 Å². The highest BCUT2D eigenvalue weighted by atomic mass is 35.5. The van der Waals surface area contributed by atoms with Gasteiger partial charge >= 0.3 is 5.97 Å². The molecule has 1 N–H and O–H groups in total. The second-order valence-corrected chi connectivity index (χ2v) is 6.46. The summed E-state index contributed by atoms with van der Waals surface area (Å²) in [4.78, 5) is 13.6. The van der Waals surface area contributed by atoms with Gasteiger partial charge < -0.3 is 5.11 Å². The SMILES string of the molecule is O=C(O)C1CCCN1C(c1ccsc1)c1cccc(Cl)c1. The van der Waals surface area contributed by atoms with Crippen LogP contribution in [0.2, 0.25) is 5.02 Å². The lowest BCUT2D eigenvalue weighted by Gasteiger charge is -2.31. The number of carboxylic acids is 1. The fourth-order valence-corrected chi connectivity index (χ4v) is 3.92. The van der Waals surface area contributed by atoms with Crippen molar-refractivity contribution < 1.29 is 9.90 Å². The highest BCUT2D eigenvalue weighted by molar-refractivity contribution is 7.08. The number of hydrogen-bond donors (Lipinski definition) is 1. The number of benzene rings is 1. The molecule has 2 unspecified atom stereocenters. The lowest BCUT2D eigenvalue weighted by molar-refractivity contribution is -0.142. The van der Waals surface area contributed by atoms with Crippen LogP contribution < -0.4 is 0 Å². The standard InChI is InChI=1S/C16H16ClNO2S/c17-13-4-1-3-11(9-13)15(12-6-8-21-10-12)18-7-2-5-14(18)16(19)20/h1,3-4,6,8-10,14-15H,2,5,7H2,(H,19,20). The third kappa shape index (κ3) is 2.98. The van der Waals surface area contributed by atoms with Crippen LogP contribution in [-0.2, 0) is 4.79 Å². The Hall–Kier alpha value is -1.36. The van der Waals surface area contributed by atoms with E-state index in [0.717, 1.165) is 24.1 Å². The maximum Gasteiger partial charge on any atom is 0.320 e. The maximum absolute atomic E-state index is 11.5. The highest BCUT2D eigenvalue weighted by Crippen LogP contribution is 2.36. The van der Waals surface area contributed by atoms with Gasteiger partial charge in [0.25, 0.3) is 0 Å². The Labute approximate surface area is 132 Å². The smallest absolute Gasteiger partial charge is 0.320 e. The van der Waals surface area contributed by atoms with Crippen LogP contribution >= 0.6 is 22.9 Å². The van der Waals surface area contributed by atoms with E-state index < -0.39 is 12.0 Å². The van der Waals surface area contributed by atoms with Gasteiger partial charge in [-0.3, -0.25) is 9.69 Å². The Morgan fingerprint density at radius 3 is 2.90 bits per heavy atom. The van der Waals surface area contributed by atoms with Crippen LogP contribution in [0.15, 0.2) is 41.1 Å². The molecule has 0 amide bonds. The summed E-state index contributed by atoms with van der Waals surface area (Å²) in [6.45, 7) is 0.796. The lowest BCUT2D eigenvalue weighted by atomic mass is 9.98. The Bertz CT molecular complexity index is 629. The van der Waals surface area contributed by atoms with E-state index >= 15 is 0 Å². The quantitative estimate of drug-likeness (QED) is 0.924. The van der Waals surface area contributed by atoms with E-state index in [0.29, 0.717) is 11.4 Å². The summed E-state index contributed by atoms with van der Waals surface area (Å²) in [6.07, 6.45) is 1.62. The van der Waals surface area contributed by atoms with Gasteiger partial charge in [0.2, 0.25) is 0 Å². The van der Waals surface area contributed by atoms with Gasteiger partial charge in [0, 0.05) is 11.6 Å². The molecule has 21 heavy (non-hydrogen) atoms. The second kappa shape index (κ2) is 6.18. The molecule has 3 rings (SSSR count). The molecule has 110 valence electrons. The summed E-state index contributed by atoms with van der Waals surface area (Å²) in [6, 6.07) is 9.31. The van der Waals surface area contributed by atoms with Crippen molar-refractivity contribution in [3.63, 3.8) is 0 Å². The van der Waals surface area contributed by atoms with Crippen LogP contribution in [0.25, 0.3) is 0 Å². The van der Waals surface area contributed by atoms with E-state index in [1.165, 1.54) is 0 Å². The molecule has 2 heterocycles. The number of aliphatic carboxylic acids is 1. The minimum atomic E-state index is -0.741. The lowest BCUT2D eigenvalue weighted by Crippen LogP contribution is -2.39. The van der Waals surface area contributed by atoms with Gasteiger partial charge in [0.05, 0.1) is 6.04 Å². The number of nitrogens with zero attached hydrogens (tertiary/aromatic N) is 1. The number of thiophene rings is 1. The monoisotopic (exact) mass is 321 g/mol. The first-order chi connectivity index (χ1) is 10.2. The first-order valence-electron chi connectivity index (χ1n) is 6.93. The van der Waals surface area contributed by atoms with Gasteiger partial charge in [-0.15, -0.1) is 0 Å². The number of hydrogen-bond acceptors (Lipinski definition) is 3. The average molecular weight is 322 g/mol. The molecule has 1 saturated heterocycles. The Kier molecular flexibility index (Phi) is 4.29. The fourth-order valence-electron chi connectivity index (χ4n) is 3.05. The first kappa shape index (κ1) is 14.6.